The summed E-state index contributed by atoms with van der Waals surface area (Å²) in [5.41, 5.74) is 5.94. The summed E-state index contributed by atoms with van der Waals surface area (Å²) in [5, 5.41) is 0. The molecule has 0 saturated carbocycles. The van der Waals surface area contributed by atoms with Gasteiger partial charge in [-0.15, -0.1) is 0 Å². The molecule has 1 aromatic rings. The standard InChI is InChI=1S/C13H11BrFNO/c14-10-6-7-13(15,16)11(8-10)12(17)9-4-2-1-3-5-9/h1-8,11H,16H2. The van der Waals surface area contributed by atoms with Crippen LogP contribution in [-0.4, -0.2) is 11.6 Å². The van der Waals surface area contributed by atoms with Crippen LogP contribution in [0, 0.1) is 5.92 Å². The van der Waals surface area contributed by atoms with Crippen LogP contribution in [0.25, 0.3) is 0 Å². The molecule has 2 rings (SSSR count). The summed E-state index contributed by atoms with van der Waals surface area (Å²) in [5.74, 6) is -3.45. The van der Waals surface area contributed by atoms with Crippen molar-refractivity contribution in [3.8, 4) is 0 Å². The number of rotatable bonds is 2. The Balaban J connectivity index is 2.34. The SMILES string of the molecule is NC1(F)C=CC(Br)=CC1C(=O)c1ccccc1. The van der Waals surface area contributed by atoms with Gasteiger partial charge in [0, 0.05) is 10.0 Å². The third-order valence-corrected chi connectivity index (χ3v) is 3.17. The lowest BCUT2D eigenvalue weighted by Crippen LogP contribution is -2.45. The smallest absolute Gasteiger partial charge is 0.191 e. The zero-order valence-electron chi connectivity index (χ0n) is 8.94. The summed E-state index contributed by atoms with van der Waals surface area (Å²) in [6.07, 6.45) is 4.20. The van der Waals surface area contributed by atoms with Crippen LogP contribution in [0.5, 0.6) is 0 Å². The van der Waals surface area contributed by atoms with Crippen LogP contribution in [0.3, 0.4) is 0 Å². The van der Waals surface area contributed by atoms with Crippen LogP contribution in [0.15, 0.2) is 53.0 Å². The van der Waals surface area contributed by atoms with Gasteiger partial charge in [-0.3, -0.25) is 10.5 Å². The fourth-order valence-electron chi connectivity index (χ4n) is 1.71. The molecule has 2 N–H and O–H groups in total. The average molecular weight is 296 g/mol. The van der Waals surface area contributed by atoms with Gasteiger partial charge < -0.3 is 0 Å². The number of benzene rings is 1. The summed E-state index contributed by atoms with van der Waals surface area (Å²) in [4.78, 5) is 12.1. The Kier molecular flexibility index (Phi) is 3.26. The molecule has 1 aromatic carbocycles. The fourth-order valence-corrected chi connectivity index (χ4v) is 2.11. The van der Waals surface area contributed by atoms with Crippen molar-refractivity contribution in [2.75, 3.05) is 0 Å². The number of carbonyl (C=O) groups is 1. The molecule has 0 bridgehead atoms. The van der Waals surface area contributed by atoms with E-state index in [-0.39, 0.29) is 5.78 Å². The van der Waals surface area contributed by atoms with Gasteiger partial charge >= 0.3 is 0 Å². The zero-order chi connectivity index (χ0) is 12.5. The number of Topliss-reactive ketones (excluding diaryl/α,β-unsaturated/α-hetero) is 1. The first kappa shape index (κ1) is 12.2. The van der Waals surface area contributed by atoms with Crippen LogP contribution >= 0.6 is 15.9 Å². The Hall–Kier alpha value is -1.26. The first-order valence-electron chi connectivity index (χ1n) is 5.14. The predicted octanol–water partition coefficient (Wildman–Crippen LogP) is 2.96. The highest BCUT2D eigenvalue weighted by atomic mass is 79.9. The Morgan fingerprint density at radius 3 is 2.65 bits per heavy atom. The number of alkyl halides is 1. The van der Waals surface area contributed by atoms with E-state index in [0.717, 1.165) is 0 Å². The average Bonchev–Trinajstić information content (AvgIpc) is 2.33. The summed E-state index contributed by atoms with van der Waals surface area (Å²) < 4.78 is 14.7. The molecule has 0 amide bonds. The normalized spacial score (nSPS) is 27.7. The van der Waals surface area contributed by atoms with Crippen molar-refractivity contribution < 1.29 is 9.18 Å². The lowest BCUT2D eigenvalue weighted by atomic mass is 9.86. The zero-order valence-corrected chi connectivity index (χ0v) is 10.5. The minimum absolute atomic E-state index is 0.322. The number of hydrogen-bond donors (Lipinski definition) is 1. The van der Waals surface area contributed by atoms with Crippen molar-refractivity contribution >= 4 is 21.7 Å². The molecule has 0 heterocycles. The molecule has 0 fully saturated rings. The molecular weight excluding hydrogens is 285 g/mol. The highest BCUT2D eigenvalue weighted by Crippen LogP contribution is 2.31. The molecule has 2 unspecified atom stereocenters. The number of carbonyl (C=O) groups excluding carboxylic acids is 1. The molecule has 0 aromatic heterocycles. The van der Waals surface area contributed by atoms with Gasteiger partial charge in [0.1, 0.15) is 0 Å². The number of nitrogens with two attached hydrogens (primary N) is 1. The molecule has 0 spiro atoms. The van der Waals surface area contributed by atoms with Crippen LogP contribution in [-0.2, 0) is 0 Å². The summed E-state index contributed by atoms with van der Waals surface area (Å²) in [6.45, 7) is 0. The van der Waals surface area contributed by atoms with Crippen molar-refractivity contribution in [2.24, 2.45) is 11.7 Å². The van der Waals surface area contributed by atoms with Crippen LogP contribution in [0.1, 0.15) is 10.4 Å². The third-order valence-electron chi connectivity index (χ3n) is 2.64. The van der Waals surface area contributed by atoms with Gasteiger partial charge in [-0.25, -0.2) is 4.39 Å². The summed E-state index contributed by atoms with van der Waals surface area (Å²) >= 11 is 3.22. The molecule has 1 aliphatic rings. The highest BCUT2D eigenvalue weighted by molar-refractivity contribution is 9.11. The van der Waals surface area contributed by atoms with Gasteiger partial charge in [0.15, 0.2) is 11.6 Å². The van der Waals surface area contributed by atoms with Gasteiger partial charge in [0.05, 0.1) is 5.92 Å². The minimum atomic E-state index is -2.13. The first-order valence-corrected chi connectivity index (χ1v) is 5.93. The Morgan fingerprint density at radius 2 is 2.00 bits per heavy atom. The van der Waals surface area contributed by atoms with Crippen LogP contribution < -0.4 is 5.73 Å². The molecule has 4 heteroatoms. The fraction of sp³-hybridized carbons (Fsp3) is 0.154. The Bertz CT molecular complexity index is 493. The maximum atomic E-state index is 14.0. The Morgan fingerprint density at radius 1 is 1.35 bits per heavy atom. The molecule has 2 nitrogen and oxygen atoms in total. The second-order valence-corrected chi connectivity index (χ2v) is 4.84. The van der Waals surface area contributed by atoms with E-state index >= 15 is 0 Å². The lowest BCUT2D eigenvalue weighted by Gasteiger charge is -2.26. The van der Waals surface area contributed by atoms with Crippen LogP contribution in [0.2, 0.25) is 0 Å². The highest BCUT2D eigenvalue weighted by Gasteiger charge is 2.38. The summed E-state index contributed by atoms with van der Waals surface area (Å²) in [6, 6.07) is 8.58. The molecule has 0 aliphatic heterocycles. The molecule has 2 atom stereocenters. The van der Waals surface area contributed by atoms with Gasteiger partial charge in [-0.2, -0.15) is 0 Å². The van der Waals surface area contributed by atoms with E-state index in [1.807, 2.05) is 0 Å². The van der Waals surface area contributed by atoms with E-state index in [1.54, 1.807) is 30.3 Å². The summed E-state index contributed by atoms with van der Waals surface area (Å²) in [7, 11) is 0. The molecule has 0 radical (unpaired) electrons. The van der Waals surface area contributed by atoms with E-state index in [1.165, 1.54) is 18.2 Å². The molecular formula is C13H11BrFNO. The predicted molar refractivity (Wildman–Crippen MR) is 68.4 cm³/mol. The van der Waals surface area contributed by atoms with Gasteiger partial charge in [-0.1, -0.05) is 52.3 Å². The van der Waals surface area contributed by atoms with Crippen molar-refractivity contribution in [1.82, 2.24) is 0 Å². The van der Waals surface area contributed by atoms with Crippen molar-refractivity contribution in [2.45, 2.75) is 5.79 Å². The van der Waals surface area contributed by atoms with Gasteiger partial charge in [-0.05, 0) is 12.2 Å². The topological polar surface area (TPSA) is 43.1 Å². The molecule has 1 aliphatic carbocycles. The van der Waals surface area contributed by atoms with E-state index < -0.39 is 11.7 Å². The third kappa shape index (κ3) is 2.53. The van der Waals surface area contributed by atoms with Crippen molar-refractivity contribution in [3.63, 3.8) is 0 Å². The van der Waals surface area contributed by atoms with E-state index in [0.29, 0.717) is 10.0 Å². The van der Waals surface area contributed by atoms with Crippen molar-refractivity contribution in [3.05, 3.63) is 58.6 Å². The van der Waals surface area contributed by atoms with E-state index in [9.17, 15) is 9.18 Å². The number of halogens is 2. The lowest BCUT2D eigenvalue weighted by molar-refractivity contribution is 0.0807. The second kappa shape index (κ2) is 4.55. The largest absolute Gasteiger partial charge is 0.295 e. The van der Waals surface area contributed by atoms with Gasteiger partial charge in [0.2, 0.25) is 0 Å². The molecule has 17 heavy (non-hydrogen) atoms. The maximum Gasteiger partial charge on any atom is 0.191 e. The van der Waals surface area contributed by atoms with E-state index in [4.69, 9.17) is 5.73 Å². The van der Waals surface area contributed by atoms with Crippen molar-refractivity contribution in [1.29, 1.82) is 0 Å². The van der Waals surface area contributed by atoms with Gasteiger partial charge in [0.25, 0.3) is 0 Å². The number of ketones is 1. The minimum Gasteiger partial charge on any atom is -0.295 e. The quantitative estimate of drug-likeness (QED) is 0.673. The molecule has 0 saturated heterocycles. The second-order valence-electron chi connectivity index (χ2n) is 3.92. The first-order chi connectivity index (χ1) is 8.00. The monoisotopic (exact) mass is 295 g/mol. The van der Waals surface area contributed by atoms with Crippen LogP contribution in [0.4, 0.5) is 4.39 Å². The molecule has 88 valence electrons. The number of allylic oxidation sites excluding steroid dienone is 2. The van der Waals surface area contributed by atoms with E-state index in [2.05, 4.69) is 15.9 Å². The number of hydrogen-bond acceptors (Lipinski definition) is 2. The Labute approximate surface area is 107 Å². The maximum absolute atomic E-state index is 14.0.